The average molecular weight is 221 g/mol. The summed E-state index contributed by atoms with van der Waals surface area (Å²) in [4.78, 5) is 0. The van der Waals surface area contributed by atoms with Crippen molar-refractivity contribution in [3.05, 3.63) is 0 Å². The molecular weight excluding hydrogens is 202 g/mol. The summed E-state index contributed by atoms with van der Waals surface area (Å²) in [6, 6.07) is 0. The second kappa shape index (κ2) is 3.79. The number of nitrogens with zero attached hydrogens (tertiary/aromatic N) is 1. The number of hydrogen-bond acceptors (Lipinski definition) is 3. The van der Waals surface area contributed by atoms with Crippen LogP contribution in [0.4, 0.5) is 0 Å². The van der Waals surface area contributed by atoms with Gasteiger partial charge < -0.3 is 5.11 Å². The number of hydrogen-bond donors (Lipinski definition) is 1. The molecule has 0 amide bonds. The van der Waals surface area contributed by atoms with Gasteiger partial charge in [0.2, 0.25) is 10.0 Å². The third-order valence-electron chi connectivity index (χ3n) is 2.23. The van der Waals surface area contributed by atoms with Gasteiger partial charge in [-0.3, -0.25) is 0 Å². The molecule has 1 aliphatic rings. The Labute approximate surface area is 86.0 Å². The Morgan fingerprint density at radius 1 is 1.43 bits per heavy atom. The first-order chi connectivity index (χ1) is 6.21. The molecule has 1 aliphatic carbocycles. The fourth-order valence-electron chi connectivity index (χ4n) is 1.35. The van der Waals surface area contributed by atoms with Crippen LogP contribution in [0.5, 0.6) is 0 Å². The van der Waals surface area contributed by atoms with Crippen LogP contribution in [0.25, 0.3) is 0 Å². The Hall–Kier alpha value is -0.130. The van der Waals surface area contributed by atoms with Gasteiger partial charge in [-0.15, -0.1) is 0 Å². The molecule has 0 aliphatic heterocycles. The summed E-state index contributed by atoms with van der Waals surface area (Å²) in [7, 11) is -1.63. The third kappa shape index (κ3) is 3.94. The summed E-state index contributed by atoms with van der Waals surface area (Å²) in [5, 5.41) is 9.50. The Morgan fingerprint density at radius 2 is 1.93 bits per heavy atom. The molecule has 1 rings (SSSR count). The molecule has 4 nitrogen and oxygen atoms in total. The van der Waals surface area contributed by atoms with Crippen LogP contribution < -0.4 is 0 Å². The first-order valence-corrected chi connectivity index (χ1v) is 6.48. The van der Waals surface area contributed by atoms with E-state index in [2.05, 4.69) is 0 Å². The van der Waals surface area contributed by atoms with Gasteiger partial charge in [-0.1, -0.05) is 0 Å². The fraction of sp³-hybridized carbons (Fsp3) is 1.00. The zero-order valence-electron chi connectivity index (χ0n) is 9.02. The van der Waals surface area contributed by atoms with Crippen LogP contribution in [0, 0.1) is 5.92 Å². The van der Waals surface area contributed by atoms with Crippen molar-refractivity contribution in [2.75, 3.05) is 19.3 Å². The summed E-state index contributed by atoms with van der Waals surface area (Å²) in [5.41, 5.74) is -0.967. The minimum atomic E-state index is -3.16. The van der Waals surface area contributed by atoms with Gasteiger partial charge in [0.05, 0.1) is 11.4 Å². The lowest BCUT2D eigenvalue weighted by Crippen LogP contribution is -2.40. The first-order valence-electron chi connectivity index (χ1n) is 4.87. The zero-order valence-corrected chi connectivity index (χ0v) is 9.84. The lowest BCUT2D eigenvalue weighted by Gasteiger charge is -2.24. The smallest absolute Gasteiger partial charge is 0.214 e. The van der Waals surface area contributed by atoms with Crippen LogP contribution in [0.2, 0.25) is 0 Å². The minimum absolute atomic E-state index is 0.155. The minimum Gasteiger partial charge on any atom is -0.389 e. The summed E-state index contributed by atoms with van der Waals surface area (Å²) in [5.74, 6) is 0.587. The van der Waals surface area contributed by atoms with Gasteiger partial charge >= 0.3 is 0 Å². The van der Waals surface area contributed by atoms with E-state index < -0.39 is 15.6 Å². The van der Waals surface area contributed by atoms with E-state index >= 15 is 0 Å². The standard InChI is InChI=1S/C9H19NO3S/c1-9(2,11)7-10(3)14(12,13)6-8-4-5-8/h8,11H,4-7H2,1-3H3. The van der Waals surface area contributed by atoms with Crippen molar-refractivity contribution in [3.8, 4) is 0 Å². The molecule has 5 heteroatoms. The maximum atomic E-state index is 11.7. The maximum absolute atomic E-state index is 11.7. The van der Waals surface area contributed by atoms with Gasteiger partial charge in [0.15, 0.2) is 0 Å². The van der Waals surface area contributed by atoms with Crippen molar-refractivity contribution in [3.63, 3.8) is 0 Å². The Kier molecular flexibility index (Phi) is 3.23. The molecule has 0 aromatic heterocycles. The predicted octanol–water partition coefficient (Wildman–Crippen LogP) is 0.429. The first kappa shape index (κ1) is 11.9. The quantitative estimate of drug-likeness (QED) is 0.732. The molecule has 0 unspecified atom stereocenters. The van der Waals surface area contributed by atoms with Crippen LogP contribution in [-0.4, -0.2) is 42.8 Å². The molecule has 0 heterocycles. The van der Waals surface area contributed by atoms with Gasteiger partial charge in [-0.05, 0) is 32.6 Å². The number of sulfonamides is 1. The summed E-state index contributed by atoms with van der Waals surface area (Å²) >= 11 is 0. The van der Waals surface area contributed by atoms with Crippen molar-refractivity contribution in [1.29, 1.82) is 0 Å². The van der Waals surface area contributed by atoms with E-state index in [1.54, 1.807) is 13.8 Å². The summed E-state index contributed by atoms with van der Waals surface area (Å²) < 4.78 is 24.6. The van der Waals surface area contributed by atoms with Crippen molar-refractivity contribution in [2.24, 2.45) is 5.92 Å². The van der Waals surface area contributed by atoms with Crippen LogP contribution in [0.3, 0.4) is 0 Å². The Morgan fingerprint density at radius 3 is 2.29 bits per heavy atom. The molecular formula is C9H19NO3S. The van der Waals surface area contributed by atoms with E-state index in [4.69, 9.17) is 0 Å². The van der Waals surface area contributed by atoms with Crippen molar-refractivity contribution in [2.45, 2.75) is 32.3 Å². The molecule has 0 bridgehead atoms. The monoisotopic (exact) mass is 221 g/mol. The van der Waals surface area contributed by atoms with E-state index in [1.165, 1.54) is 11.4 Å². The van der Waals surface area contributed by atoms with E-state index in [0.717, 1.165) is 12.8 Å². The van der Waals surface area contributed by atoms with Gasteiger partial charge in [-0.25, -0.2) is 12.7 Å². The molecule has 0 aromatic rings. The topological polar surface area (TPSA) is 57.6 Å². The molecule has 1 saturated carbocycles. The average Bonchev–Trinajstić information content (AvgIpc) is 2.66. The molecule has 0 spiro atoms. The molecule has 0 radical (unpaired) electrons. The normalized spacial score (nSPS) is 18.9. The second-order valence-electron chi connectivity index (χ2n) is 4.79. The second-order valence-corrected chi connectivity index (χ2v) is 6.91. The number of rotatable bonds is 5. The lowest BCUT2D eigenvalue weighted by atomic mass is 10.1. The molecule has 1 fully saturated rings. The van der Waals surface area contributed by atoms with Crippen molar-refractivity contribution in [1.82, 2.24) is 4.31 Å². The van der Waals surface area contributed by atoms with Gasteiger partial charge in [-0.2, -0.15) is 0 Å². The molecule has 0 saturated heterocycles. The molecule has 14 heavy (non-hydrogen) atoms. The largest absolute Gasteiger partial charge is 0.389 e. The van der Waals surface area contributed by atoms with E-state index in [0.29, 0.717) is 5.92 Å². The van der Waals surface area contributed by atoms with E-state index in [9.17, 15) is 13.5 Å². The summed E-state index contributed by atoms with van der Waals surface area (Å²) in [6.45, 7) is 3.37. The lowest BCUT2D eigenvalue weighted by molar-refractivity contribution is 0.0639. The van der Waals surface area contributed by atoms with Gasteiger partial charge in [0, 0.05) is 13.6 Å². The molecule has 0 atom stereocenters. The zero-order chi connectivity index (χ0) is 11.0. The van der Waals surface area contributed by atoms with Crippen LogP contribution >= 0.6 is 0 Å². The van der Waals surface area contributed by atoms with Crippen LogP contribution in [0.15, 0.2) is 0 Å². The predicted molar refractivity (Wildman–Crippen MR) is 55.4 cm³/mol. The Balaban J connectivity index is 2.53. The molecule has 1 N–H and O–H groups in total. The Bertz CT molecular complexity index is 288. The highest BCUT2D eigenvalue weighted by Crippen LogP contribution is 2.31. The highest BCUT2D eigenvalue weighted by Gasteiger charge is 2.32. The van der Waals surface area contributed by atoms with Crippen molar-refractivity contribution >= 4 is 10.0 Å². The fourth-order valence-corrected chi connectivity index (χ4v) is 3.05. The third-order valence-corrected chi connectivity index (χ3v) is 4.20. The summed E-state index contributed by atoms with van der Waals surface area (Å²) in [6.07, 6.45) is 2.05. The number of likely N-dealkylation sites (N-methyl/N-ethyl adjacent to an activating group) is 1. The van der Waals surface area contributed by atoms with Crippen LogP contribution in [-0.2, 0) is 10.0 Å². The highest BCUT2D eigenvalue weighted by atomic mass is 32.2. The van der Waals surface area contributed by atoms with Gasteiger partial charge in [0.25, 0.3) is 0 Å². The van der Waals surface area contributed by atoms with Crippen molar-refractivity contribution < 1.29 is 13.5 Å². The van der Waals surface area contributed by atoms with Gasteiger partial charge in [0.1, 0.15) is 0 Å². The van der Waals surface area contributed by atoms with Crippen LogP contribution in [0.1, 0.15) is 26.7 Å². The molecule has 0 aromatic carbocycles. The number of aliphatic hydroxyl groups is 1. The van der Waals surface area contributed by atoms with E-state index in [-0.39, 0.29) is 12.3 Å². The maximum Gasteiger partial charge on any atom is 0.214 e. The van der Waals surface area contributed by atoms with E-state index in [1.807, 2.05) is 0 Å². The SMILES string of the molecule is CN(CC(C)(C)O)S(=O)(=O)CC1CC1. The highest BCUT2D eigenvalue weighted by molar-refractivity contribution is 7.89. The molecule has 84 valence electrons.